The Labute approximate surface area is 79.8 Å². The maximum Gasteiger partial charge on any atom is 0.0693 e. The lowest BCUT2D eigenvalue weighted by molar-refractivity contribution is 0.0911. The minimum atomic E-state index is -0.171. The normalized spacial score (nSPS) is 28.3. The standard InChI is InChI=1S/C10H18N2O/c11-7-3-4-8-12-9-5-1-2-6-10(9)13/h9-10,12-13H,1-6,8H2. The molecular weight excluding hydrogens is 164 g/mol. The first-order valence-electron chi connectivity index (χ1n) is 5.13. The first kappa shape index (κ1) is 10.5. The lowest BCUT2D eigenvalue weighted by Gasteiger charge is -2.28. The van der Waals surface area contributed by atoms with Gasteiger partial charge in [0, 0.05) is 12.5 Å². The molecular formula is C10H18N2O. The number of aliphatic hydroxyl groups is 1. The van der Waals surface area contributed by atoms with E-state index in [4.69, 9.17) is 5.26 Å². The van der Waals surface area contributed by atoms with Gasteiger partial charge in [0.1, 0.15) is 0 Å². The molecule has 0 aromatic carbocycles. The zero-order chi connectivity index (χ0) is 9.52. The van der Waals surface area contributed by atoms with Crippen LogP contribution in [0.3, 0.4) is 0 Å². The van der Waals surface area contributed by atoms with E-state index in [9.17, 15) is 5.11 Å². The van der Waals surface area contributed by atoms with Gasteiger partial charge in [-0.05, 0) is 25.8 Å². The predicted molar refractivity (Wildman–Crippen MR) is 51.1 cm³/mol. The van der Waals surface area contributed by atoms with Crippen molar-refractivity contribution in [1.29, 1.82) is 5.26 Å². The summed E-state index contributed by atoms with van der Waals surface area (Å²) in [6.07, 6.45) is 5.69. The minimum Gasteiger partial charge on any atom is -0.392 e. The fourth-order valence-electron chi connectivity index (χ4n) is 1.80. The number of hydrogen-bond donors (Lipinski definition) is 2. The molecule has 2 unspecified atom stereocenters. The van der Waals surface area contributed by atoms with E-state index < -0.39 is 0 Å². The van der Waals surface area contributed by atoms with Gasteiger partial charge in [-0.25, -0.2) is 0 Å². The summed E-state index contributed by atoms with van der Waals surface area (Å²) >= 11 is 0. The summed E-state index contributed by atoms with van der Waals surface area (Å²) in [4.78, 5) is 0. The molecule has 1 fully saturated rings. The quantitative estimate of drug-likeness (QED) is 0.642. The smallest absolute Gasteiger partial charge is 0.0693 e. The van der Waals surface area contributed by atoms with E-state index in [-0.39, 0.29) is 12.1 Å². The molecule has 1 rings (SSSR count). The molecule has 1 aliphatic carbocycles. The Hall–Kier alpha value is -0.590. The Morgan fingerprint density at radius 1 is 1.38 bits per heavy atom. The van der Waals surface area contributed by atoms with Crippen LogP contribution in [0.25, 0.3) is 0 Å². The highest BCUT2D eigenvalue weighted by atomic mass is 16.3. The Morgan fingerprint density at radius 3 is 2.85 bits per heavy atom. The van der Waals surface area contributed by atoms with Gasteiger partial charge in [-0.1, -0.05) is 12.8 Å². The van der Waals surface area contributed by atoms with Crippen molar-refractivity contribution in [3.63, 3.8) is 0 Å². The SMILES string of the molecule is N#CCCCNC1CCCCC1O. The Kier molecular flexibility index (Phi) is 4.81. The third kappa shape index (κ3) is 3.75. The molecule has 2 atom stereocenters. The van der Waals surface area contributed by atoms with Gasteiger partial charge in [0.15, 0.2) is 0 Å². The van der Waals surface area contributed by atoms with E-state index >= 15 is 0 Å². The topological polar surface area (TPSA) is 56.0 Å². The van der Waals surface area contributed by atoms with Crippen LogP contribution >= 0.6 is 0 Å². The number of unbranched alkanes of at least 4 members (excludes halogenated alkanes) is 1. The highest BCUT2D eigenvalue weighted by molar-refractivity contribution is 4.80. The van der Waals surface area contributed by atoms with E-state index in [1.165, 1.54) is 6.42 Å². The molecule has 0 aromatic heterocycles. The van der Waals surface area contributed by atoms with Crippen molar-refractivity contribution in [2.24, 2.45) is 0 Å². The van der Waals surface area contributed by atoms with Gasteiger partial charge in [-0.3, -0.25) is 0 Å². The average molecular weight is 182 g/mol. The van der Waals surface area contributed by atoms with Crippen LogP contribution in [-0.4, -0.2) is 23.8 Å². The van der Waals surface area contributed by atoms with Crippen molar-refractivity contribution in [1.82, 2.24) is 5.32 Å². The molecule has 3 nitrogen and oxygen atoms in total. The molecule has 13 heavy (non-hydrogen) atoms. The van der Waals surface area contributed by atoms with E-state index in [0.29, 0.717) is 6.42 Å². The second kappa shape index (κ2) is 5.95. The van der Waals surface area contributed by atoms with E-state index in [2.05, 4.69) is 11.4 Å². The van der Waals surface area contributed by atoms with Crippen LogP contribution in [0, 0.1) is 11.3 Å². The van der Waals surface area contributed by atoms with Gasteiger partial charge in [0.05, 0.1) is 12.2 Å². The fourth-order valence-corrected chi connectivity index (χ4v) is 1.80. The molecule has 1 aliphatic rings. The summed E-state index contributed by atoms with van der Waals surface area (Å²) in [6, 6.07) is 2.38. The number of nitrogens with zero attached hydrogens (tertiary/aromatic N) is 1. The summed E-state index contributed by atoms with van der Waals surface area (Å²) < 4.78 is 0. The maximum atomic E-state index is 9.60. The summed E-state index contributed by atoms with van der Waals surface area (Å²) in [7, 11) is 0. The number of nitriles is 1. The van der Waals surface area contributed by atoms with Gasteiger partial charge >= 0.3 is 0 Å². The molecule has 0 aromatic rings. The van der Waals surface area contributed by atoms with E-state index in [1.807, 2.05) is 0 Å². The third-order valence-corrected chi connectivity index (χ3v) is 2.60. The van der Waals surface area contributed by atoms with Crippen LogP contribution in [0.2, 0.25) is 0 Å². The van der Waals surface area contributed by atoms with Crippen LogP contribution in [0.5, 0.6) is 0 Å². The molecule has 2 N–H and O–H groups in total. The van der Waals surface area contributed by atoms with Gasteiger partial charge in [-0.2, -0.15) is 5.26 Å². The number of aliphatic hydroxyl groups excluding tert-OH is 1. The molecule has 1 saturated carbocycles. The predicted octanol–water partition coefficient (Wildman–Crippen LogP) is 1.18. The molecule has 0 amide bonds. The van der Waals surface area contributed by atoms with Crippen LogP contribution in [0.15, 0.2) is 0 Å². The molecule has 0 aliphatic heterocycles. The zero-order valence-corrected chi connectivity index (χ0v) is 8.00. The molecule has 0 spiro atoms. The number of nitrogens with one attached hydrogen (secondary N) is 1. The highest BCUT2D eigenvalue weighted by Gasteiger charge is 2.21. The lowest BCUT2D eigenvalue weighted by Crippen LogP contribution is -2.42. The highest BCUT2D eigenvalue weighted by Crippen LogP contribution is 2.18. The first-order valence-corrected chi connectivity index (χ1v) is 5.13. The fraction of sp³-hybridized carbons (Fsp3) is 0.900. The molecule has 0 radical (unpaired) electrons. The number of rotatable bonds is 4. The minimum absolute atomic E-state index is 0.171. The van der Waals surface area contributed by atoms with Gasteiger partial charge in [-0.15, -0.1) is 0 Å². The maximum absolute atomic E-state index is 9.60. The first-order chi connectivity index (χ1) is 6.34. The van der Waals surface area contributed by atoms with Crippen molar-refractivity contribution in [2.45, 2.75) is 50.7 Å². The molecule has 0 heterocycles. The third-order valence-electron chi connectivity index (χ3n) is 2.60. The summed E-state index contributed by atoms with van der Waals surface area (Å²) in [5.41, 5.74) is 0. The van der Waals surface area contributed by atoms with Crippen molar-refractivity contribution >= 4 is 0 Å². The monoisotopic (exact) mass is 182 g/mol. The summed E-state index contributed by atoms with van der Waals surface area (Å²) in [5, 5.41) is 21.2. The summed E-state index contributed by atoms with van der Waals surface area (Å²) in [5.74, 6) is 0. The largest absolute Gasteiger partial charge is 0.392 e. The molecule has 74 valence electrons. The van der Waals surface area contributed by atoms with E-state index in [1.54, 1.807) is 0 Å². The lowest BCUT2D eigenvalue weighted by atomic mass is 9.92. The van der Waals surface area contributed by atoms with Crippen LogP contribution in [-0.2, 0) is 0 Å². The second-order valence-electron chi connectivity index (χ2n) is 3.67. The van der Waals surface area contributed by atoms with Gasteiger partial charge in [0.25, 0.3) is 0 Å². The van der Waals surface area contributed by atoms with Crippen molar-refractivity contribution < 1.29 is 5.11 Å². The zero-order valence-electron chi connectivity index (χ0n) is 8.00. The van der Waals surface area contributed by atoms with Crippen LogP contribution < -0.4 is 5.32 Å². The Bertz CT molecular complexity index is 176. The van der Waals surface area contributed by atoms with Crippen molar-refractivity contribution in [3.8, 4) is 6.07 Å². The van der Waals surface area contributed by atoms with Gasteiger partial charge < -0.3 is 10.4 Å². The average Bonchev–Trinajstić information content (AvgIpc) is 2.15. The Morgan fingerprint density at radius 2 is 2.15 bits per heavy atom. The van der Waals surface area contributed by atoms with Crippen molar-refractivity contribution in [2.75, 3.05) is 6.54 Å². The number of hydrogen-bond acceptors (Lipinski definition) is 3. The van der Waals surface area contributed by atoms with E-state index in [0.717, 1.165) is 32.2 Å². The van der Waals surface area contributed by atoms with Crippen LogP contribution in [0.4, 0.5) is 0 Å². The molecule has 0 saturated heterocycles. The second-order valence-corrected chi connectivity index (χ2v) is 3.67. The molecule has 3 heteroatoms. The Balaban J connectivity index is 2.09. The van der Waals surface area contributed by atoms with Crippen molar-refractivity contribution in [3.05, 3.63) is 0 Å². The molecule has 0 bridgehead atoms. The van der Waals surface area contributed by atoms with Crippen LogP contribution in [0.1, 0.15) is 38.5 Å². The summed E-state index contributed by atoms with van der Waals surface area (Å²) in [6.45, 7) is 0.856. The van der Waals surface area contributed by atoms with Gasteiger partial charge in [0.2, 0.25) is 0 Å².